The van der Waals surface area contributed by atoms with Crippen LogP contribution in [0.5, 0.6) is 0 Å². The van der Waals surface area contributed by atoms with Gasteiger partial charge in [-0.25, -0.2) is 4.39 Å². The number of halogens is 4. The van der Waals surface area contributed by atoms with Crippen molar-refractivity contribution in [2.75, 3.05) is 18.4 Å². The van der Waals surface area contributed by atoms with E-state index in [1.54, 1.807) is 6.92 Å². The Balaban J connectivity index is 2.72. The van der Waals surface area contributed by atoms with Gasteiger partial charge in [0.1, 0.15) is 5.82 Å². The van der Waals surface area contributed by atoms with E-state index in [4.69, 9.17) is 0 Å². The first-order valence-electron chi connectivity index (χ1n) is 5.22. The van der Waals surface area contributed by atoms with Crippen LogP contribution >= 0.6 is 0 Å². The maximum absolute atomic E-state index is 13.3. The number of carbonyl (C=O) groups is 1. The highest BCUT2D eigenvalue weighted by Gasteiger charge is 2.31. The lowest BCUT2D eigenvalue weighted by Crippen LogP contribution is -2.29. The standard InChI is InChI=1S/C11H12F4N2O/c1-2-16-10(18)6-17-9-4-3-7(5-8(9)12)11(13,14)15/h3-5,17H,2,6H2,1H3,(H,16,18). The Morgan fingerprint density at radius 2 is 2.00 bits per heavy atom. The van der Waals surface area contributed by atoms with Crippen molar-refractivity contribution in [3.05, 3.63) is 29.6 Å². The van der Waals surface area contributed by atoms with Crippen LogP contribution in [0.15, 0.2) is 18.2 Å². The molecule has 0 saturated carbocycles. The summed E-state index contributed by atoms with van der Waals surface area (Å²) in [6, 6.07) is 2.10. The molecule has 0 spiro atoms. The van der Waals surface area contributed by atoms with E-state index in [-0.39, 0.29) is 18.1 Å². The van der Waals surface area contributed by atoms with Crippen molar-refractivity contribution >= 4 is 11.6 Å². The number of benzene rings is 1. The highest BCUT2D eigenvalue weighted by atomic mass is 19.4. The van der Waals surface area contributed by atoms with E-state index in [9.17, 15) is 22.4 Å². The second-order valence-electron chi connectivity index (χ2n) is 3.50. The first-order valence-corrected chi connectivity index (χ1v) is 5.22. The Morgan fingerprint density at radius 1 is 1.33 bits per heavy atom. The molecule has 0 aliphatic carbocycles. The third kappa shape index (κ3) is 3.90. The zero-order valence-electron chi connectivity index (χ0n) is 9.57. The molecule has 0 bridgehead atoms. The van der Waals surface area contributed by atoms with E-state index < -0.39 is 17.6 Å². The minimum absolute atomic E-state index is 0.144. The first-order chi connectivity index (χ1) is 8.34. The van der Waals surface area contributed by atoms with Gasteiger partial charge < -0.3 is 10.6 Å². The Bertz CT molecular complexity index is 432. The van der Waals surface area contributed by atoms with E-state index in [0.29, 0.717) is 12.6 Å². The van der Waals surface area contributed by atoms with Crippen molar-refractivity contribution in [2.24, 2.45) is 0 Å². The summed E-state index contributed by atoms with van der Waals surface area (Å²) < 4.78 is 50.1. The third-order valence-electron chi connectivity index (χ3n) is 2.11. The van der Waals surface area contributed by atoms with Gasteiger partial charge in [-0.2, -0.15) is 13.2 Å². The van der Waals surface area contributed by atoms with E-state index in [2.05, 4.69) is 10.6 Å². The quantitative estimate of drug-likeness (QED) is 0.820. The van der Waals surface area contributed by atoms with Crippen LogP contribution in [-0.2, 0) is 11.0 Å². The number of alkyl halides is 3. The Hall–Kier alpha value is -1.79. The number of amides is 1. The summed E-state index contributed by atoms with van der Waals surface area (Å²) in [5.41, 5.74) is -1.21. The predicted molar refractivity (Wildman–Crippen MR) is 58.6 cm³/mol. The summed E-state index contributed by atoms with van der Waals surface area (Å²) in [4.78, 5) is 11.1. The number of hydrogen-bond donors (Lipinski definition) is 2. The molecule has 0 atom stereocenters. The summed E-state index contributed by atoms with van der Waals surface area (Å²) in [7, 11) is 0. The van der Waals surface area contributed by atoms with E-state index in [0.717, 1.165) is 12.1 Å². The molecule has 7 heteroatoms. The van der Waals surface area contributed by atoms with Crippen molar-refractivity contribution in [1.29, 1.82) is 0 Å². The maximum Gasteiger partial charge on any atom is 0.416 e. The summed E-state index contributed by atoms with van der Waals surface area (Å²) >= 11 is 0. The van der Waals surface area contributed by atoms with Gasteiger partial charge in [0.05, 0.1) is 17.8 Å². The average Bonchev–Trinajstić information content (AvgIpc) is 2.26. The number of rotatable bonds is 4. The Kier molecular flexibility index (Phi) is 4.52. The van der Waals surface area contributed by atoms with Crippen LogP contribution in [0.25, 0.3) is 0 Å². The smallest absolute Gasteiger partial charge is 0.374 e. The van der Waals surface area contributed by atoms with Gasteiger partial charge in [-0.05, 0) is 25.1 Å². The first kappa shape index (κ1) is 14.3. The molecule has 2 N–H and O–H groups in total. The van der Waals surface area contributed by atoms with Crippen LogP contribution in [0.1, 0.15) is 12.5 Å². The van der Waals surface area contributed by atoms with Gasteiger partial charge in [0, 0.05) is 6.54 Å². The van der Waals surface area contributed by atoms with Gasteiger partial charge in [0.2, 0.25) is 5.91 Å². The summed E-state index contributed by atoms with van der Waals surface area (Å²) in [5.74, 6) is -1.41. The van der Waals surface area contributed by atoms with Crippen LogP contribution in [0.2, 0.25) is 0 Å². The maximum atomic E-state index is 13.3. The Morgan fingerprint density at radius 3 is 2.50 bits per heavy atom. The van der Waals surface area contributed by atoms with Crippen LogP contribution in [0.4, 0.5) is 23.2 Å². The monoisotopic (exact) mass is 264 g/mol. The van der Waals surface area contributed by atoms with Crippen molar-refractivity contribution in [1.82, 2.24) is 5.32 Å². The fourth-order valence-electron chi connectivity index (χ4n) is 1.27. The van der Waals surface area contributed by atoms with E-state index in [1.807, 2.05) is 0 Å². The molecule has 1 aromatic carbocycles. The van der Waals surface area contributed by atoms with Crippen molar-refractivity contribution < 1.29 is 22.4 Å². The lowest BCUT2D eigenvalue weighted by Gasteiger charge is -2.10. The fraction of sp³-hybridized carbons (Fsp3) is 0.364. The molecule has 0 saturated heterocycles. The molecule has 0 aliphatic heterocycles. The number of anilines is 1. The molecule has 0 aromatic heterocycles. The normalized spacial score (nSPS) is 11.2. The molecular weight excluding hydrogens is 252 g/mol. The van der Waals surface area contributed by atoms with Gasteiger partial charge in [0.15, 0.2) is 0 Å². The lowest BCUT2D eigenvalue weighted by molar-refractivity contribution is -0.137. The highest BCUT2D eigenvalue weighted by Crippen LogP contribution is 2.31. The molecule has 0 radical (unpaired) electrons. The van der Waals surface area contributed by atoms with Gasteiger partial charge in [-0.15, -0.1) is 0 Å². The highest BCUT2D eigenvalue weighted by molar-refractivity contribution is 5.80. The number of nitrogens with one attached hydrogen (secondary N) is 2. The summed E-state index contributed by atoms with van der Waals surface area (Å²) in [6.45, 7) is 1.95. The van der Waals surface area contributed by atoms with Gasteiger partial charge in [-0.3, -0.25) is 4.79 Å². The van der Waals surface area contributed by atoms with Crippen LogP contribution in [0.3, 0.4) is 0 Å². The largest absolute Gasteiger partial charge is 0.416 e. The van der Waals surface area contributed by atoms with Crippen molar-refractivity contribution in [2.45, 2.75) is 13.1 Å². The molecule has 0 unspecified atom stereocenters. The molecule has 1 rings (SSSR count). The van der Waals surface area contributed by atoms with E-state index in [1.165, 1.54) is 0 Å². The number of carbonyl (C=O) groups excluding carboxylic acids is 1. The SMILES string of the molecule is CCNC(=O)CNc1ccc(C(F)(F)F)cc1F. The molecule has 100 valence electrons. The zero-order valence-corrected chi connectivity index (χ0v) is 9.57. The molecule has 1 aromatic rings. The zero-order chi connectivity index (χ0) is 13.8. The van der Waals surface area contributed by atoms with Crippen LogP contribution in [-0.4, -0.2) is 19.0 Å². The fourth-order valence-corrected chi connectivity index (χ4v) is 1.27. The van der Waals surface area contributed by atoms with E-state index >= 15 is 0 Å². The van der Waals surface area contributed by atoms with Gasteiger partial charge in [-0.1, -0.05) is 0 Å². The summed E-state index contributed by atoms with van der Waals surface area (Å²) in [5, 5.41) is 4.89. The van der Waals surface area contributed by atoms with Crippen LogP contribution in [0, 0.1) is 5.82 Å². The molecule has 0 heterocycles. The van der Waals surface area contributed by atoms with Crippen LogP contribution < -0.4 is 10.6 Å². The predicted octanol–water partition coefficient (Wildman–Crippen LogP) is 2.39. The average molecular weight is 264 g/mol. The van der Waals surface area contributed by atoms with Crippen molar-refractivity contribution in [3.8, 4) is 0 Å². The van der Waals surface area contributed by atoms with Crippen molar-refractivity contribution in [3.63, 3.8) is 0 Å². The molecule has 3 nitrogen and oxygen atoms in total. The molecule has 18 heavy (non-hydrogen) atoms. The molecule has 1 amide bonds. The molecule has 0 fully saturated rings. The molecular formula is C11H12F4N2O. The van der Waals surface area contributed by atoms with Gasteiger partial charge >= 0.3 is 6.18 Å². The summed E-state index contributed by atoms with van der Waals surface area (Å²) in [6.07, 6.45) is -4.58. The third-order valence-corrected chi connectivity index (χ3v) is 2.11. The number of likely N-dealkylation sites (N-methyl/N-ethyl adjacent to an activating group) is 1. The minimum Gasteiger partial charge on any atom is -0.374 e. The lowest BCUT2D eigenvalue weighted by atomic mass is 10.2. The topological polar surface area (TPSA) is 41.1 Å². The Labute approximate surface area is 101 Å². The molecule has 0 aliphatic rings. The second kappa shape index (κ2) is 5.70. The van der Waals surface area contributed by atoms with Gasteiger partial charge in [0.25, 0.3) is 0 Å². The minimum atomic E-state index is -4.58. The number of hydrogen-bond acceptors (Lipinski definition) is 2. The second-order valence-corrected chi connectivity index (χ2v) is 3.50.